The first kappa shape index (κ1) is 11.5. The van der Waals surface area contributed by atoms with Gasteiger partial charge in [0.25, 0.3) is 0 Å². The molecule has 0 heterocycles. The summed E-state index contributed by atoms with van der Waals surface area (Å²) < 4.78 is 11.0. The molecule has 2 atom stereocenters. The zero-order chi connectivity index (χ0) is 12.5. The van der Waals surface area contributed by atoms with Gasteiger partial charge in [-0.1, -0.05) is 48.6 Å². The minimum Gasteiger partial charge on any atom is -0.374 e. The molecule has 0 fully saturated rings. The maximum absolute atomic E-state index is 5.59. The maximum atomic E-state index is 5.59. The van der Waals surface area contributed by atoms with Crippen LogP contribution in [0.5, 0.6) is 0 Å². The molecular formula is C16H16O2. The second-order valence-electron chi connectivity index (χ2n) is 4.51. The summed E-state index contributed by atoms with van der Waals surface area (Å²) in [5, 5.41) is 2.52. The summed E-state index contributed by atoms with van der Waals surface area (Å²) in [5.74, 6) is 0. The number of benzene rings is 2. The van der Waals surface area contributed by atoms with Gasteiger partial charge in [-0.2, -0.15) is 0 Å². The van der Waals surface area contributed by atoms with Crippen molar-refractivity contribution in [3.05, 3.63) is 53.6 Å². The monoisotopic (exact) mass is 240 g/mol. The SMILES string of the molecule is CO[C@@H]1c2ccc3ccccc3c2C=C[C@H]1OC. The number of methoxy groups -OCH3 is 2. The van der Waals surface area contributed by atoms with Crippen molar-refractivity contribution < 1.29 is 9.47 Å². The number of hydrogen-bond donors (Lipinski definition) is 0. The van der Waals surface area contributed by atoms with Gasteiger partial charge >= 0.3 is 0 Å². The molecule has 18 heavy (non-hydrogen) atoms. The van der Waals surface area contributed by atoms with Gasteiger partial charge in [0.2, 0.25) is 0 Å². The van der Waals surface area contributed by atoms with E-state index in [1.54, 1.807) is 14.2 Å². The number of hydrogen-bond acceptors (Lipinski definition) is 2. The first-order valence-corrected chi connectivity index (χ1v) is 6.10. The molecule has 0 saturated carbocycles. The minimum absolute atomic E-state index is 0.0105. The zero-order valence-electron chi connectivity index (χ0n) is 10.6. The fourth-order valence-electron chi connectivity index (χ4n) is 2.68. The Kier molecular flexibility index (Phi) is 2.90. The molecule has 0 saturated heterocycles. The van der Waals surface area contributed by atoms with E-state index in [1.807, 2.05) is 0 Å². The fourth-order valence-corrected chi connectivity index (χ4v) is 2.68. The first-order chi connectivity index (χ1) is 8.85. The van der Waals surface area contributed by atoms with Crippen molar-refractivity contribution in [1.29, 1.82) is 0 Å². The van der Waals surface area contributed by atoms with Crippen molar-refractivity contribution in [1.82, 2.24) is 0 Å². The smallest absolute Gasteiger partial charge is 0.112 e. The van der Waals surface area contributed by atoms with Gasteiger partial charge in [-0.3, -0.25) is 0 Å². The standard InChI is InChI=1S/C16H16O2/c1-17-15-10-9-13-12-6-4-3-5-11(12)7-8-14(13)16(15)18-2/h3-10,15-16H,1-2H3/t15-,16-/m1/s1. The van der Waals surface area contributed by atoms with Crippen molar-refractivity contribution in [3.63, 3.8) is 0 Å². The van der Waals surface area contributed by atoms with Crippen LogP contribution in [-0.4, -0.2) is 20.3 Å². The third-order valence-electron chi connectivity index (χ3n) is 3.59. The van der Waals surface area contributed by atoms with E-state index in [2.05, 4.69) is 48.6 Å². The van der Waals surface area contributed by atoms with E-state index < -0.39 is 0 Å². The van der Waals surface area contributed by atoms with Crippen LogP contribution in [0, 0.1) is 0 Å². The molecule has 0 aliphatic heterocycles. The Bertz CT molecular complexity index is 601. The molecule has 2 aromatic rings. The summed E-state index contributed by atoms with van der Waals surface area (Å²) in [6, 6.07) is 12.7. The topological polar surface area (TPSA) is 18.5 Å². The quantitative estimate of drug-likeness (QED) is 0.799. The molecule has 0 spiro atoms. The lowest BCUT2D eigenvalue weighted by Gasteiger charge is -2.28. The summed E-state index contributed by atoms with van der Waals surface area (Å²) in [6.45, 7) is 0. The number of rotatable bonds is 2. The van der Waals surface area contributed by atoms with Crippen LogP contribution in [0.3, 0.4) is 0 Å². The Balaban J connectivity index is 2.23. The molecule has 0 N–H and O–H groups in total. The largest absolute Gasteiger partial charge is 0.374 e. The Labute approximate surface area is 107 Å². The van der Waals surface area contributed by atoms with Gasteiger partial charge in [0.1, 0.15) is 12.2 Å². The highest BCUT2D eigenvalue weighted by molar-refractivity contribution is 5.92. The molecule has 2 aromatic carbocycles. The molecule has 2 heteroatoms. The molecule has 0 bridgehead atoms. The van der Waals surface area contributed by atoms with Gasteiger partial charge in [-0.05, 0) is 21.9 Å². The third-order valence-corrected chi connectivity index (χ3v) is 3.59. The Hall–Kier alpha value is -1.64. The van der Waals surface area contributed by atoms with Crippen LogP contribution in [0.15, 0.2) is 42.5 Å². The lowest BCUT2D eigenvalue weighted by molar-refractivity contribution is -0.0137. The predicted octanol–water partition coefficient (Wildman–Crippen LogP) is 3.57. The third kappa shape index (κ3) is 1.65. The molecule has 2 nitrogen and oxygen atoms in total. The van der Waals surface area contributed by atoms with E-state index >= 15 is 0 Å². The summed E-state index contributed by atoms with van der Waals surface area (Å²) in [4.78, 5) is 0. The summed E-state index contributed by atoms with van der Waals surface area (Å²) in [5.41, 5.74) is 2.44. The zero-order valence-corrected chi connectivity index (χ0v) is 10.6. The van der Waals surface area contributed by atoms with Crippen molar-refractivity contribution >= 4 is 16.8 Å². The van der Waals surface area contributed by atoms with Crippen LogP contribution in [-0.2, 0) is 9.47 Å². The van der Waals surface area contributed by atoms with E-state index in [1.165, 1.54) is 21.9 Å². The molecule has 1 aliphatic rings. The molecule has 92 valence electrons. The van der Waals surface area contributed by atoms with E-state index in [9.17, 15) is 0 Å². The summed E-state index contributed by atoms with van der Waals surface area (Å²) >= 11 is 0. The number of fused-ring (bicyclic) bond motifs is 3. The van der Waals surface area contributed by atoms with Crippen LogP contribution < -0.4 is 0 Å². The van der Waals surface area contributed by atoms with Gasteiger partial charge < -0.3 is 9.47 Å². The highest BCUT2D eigenvalue weighted by Gasteiger charge is 2.26. The van der Waals surface area contributed by atoms with Crippen LogP contribution in [0.4, 0.5) is 0 Å². The van der Waals surface area contributed by atoms with E-state index in [0.29, 0.717) is 0 Å². The Morgan fingerprint density at radius 1 is 0.944 bits per heavy atom. The van der Waals surface area contributed by atoms with E-state index in [0.717, 1.165) is 0 Å². The minimum atomic E-state index is -0.0281. The van der Waals surface area contributed by atoms with Gasteiger partial charge in [0.05, 0.1) is 0 Å². The maximum Gasteiger partial charge on any atom is 0.112 e. The molecule has 0 unspecified atom stereocenters. The highest BCUT2D eigenvalue weighted by Crippen LogP contribution is 2.36. The summed E-state index contributed by atoms with van der Waals surface area (Å²) in [6.07, 6.45) is 4.17. The molecule has 0 aromatic heterocycles. The van der Waals surface area contributed by atoms with E-state index in [4.69, 9.17) is 9.47 Å². The molecule has 3 rings (SSSR count). The van der Waals surface area contributed by atoms with Crippen molar-refractivity contribution in [2.75, 3.05) is 14.2 Å². The second kappa shape index (κ2) is 4.56. The number of ether oxygens (including phenoxy) is 2. The highest BCUT2D eigenvalue weighted by atomic mass is 16.5. The van der Waals surface area contributed by atoms with Gasteiger partial charge in [0, 0.05) is 14.2 Å². The fraction of sp³-hybridized carbons (Fsp3) is 0.250. The van der Waals surface area contributed by atoms with E-state index in [-0.39, 0.29) is 12.2 Å². The van der Waals surface area contributed by atoms with Crippen molar-refractivity contribution in [2.45, 2.75) is 12.2 Å². The summed E-state index contributed by atoms with van der Waals surface area (Å²) in [7, 11) is 3.45. The first-order valence-electron chi connectivity index (χ1n) is 6.10. The average molecular weight is 240 g/mol. The van der Waals surface area contributed by atoms with Crippen LogP contribution >= 0.6 is 0 Å². The van der Waals surface area contributed by atoms with Crippen LogP contribution in [0.2, 0.25) is 0 Å². The normalized spacial score (nSPS) is 22.1. The van der Waals surface area contributed by atoms with Crippen LogP contribution in [0.1, 0.15) is 17.2 Å². The van der Waals surface area contributed by atoms with Crippen LogP contribution in [0.25, 0.3) is 16.8 Å². The van der Waals surface area contributed by atoms with Gasteiger partial charge in [0.15, 0.2) is 0 Å². The predicted molar refractivity (Wildman–Crippen MR) is 73.5 cm³/mol. The second-order valence-corrected chi connectivity index (χ2v) is 4.51. The van der Waals surface area contributed by atoms with Crippen molar-refractivity contribution in [2.24, 2.45) is 0 Å². The van der Waals surface area contributed by atoms with Gasteiger partial charge in [-0.15, -0.1) is 0 Å². The van der Waals surface area contributed by atoms with Gasteiger partial charge in [-0.25, -0.2) is 0 Å². The molecule has 0 radical (unpaired) electrons. The average Bonchev–Trinajstić information content (AvgIpc) is 2.45. The lowest BCUT2D eigenvalue weighted by Crippen LogP contribution is -2.23. The van der Waals surface area contributed by atoms with Crippen molar-refractivity contribution in [3.8, 4) is 0 Å². The lowest BCUT2D eigenvalue weighted by atomic mass is 9.89. The molecule has 1 aliphatic carbocycles. The molecule has 0 amide bonds. The Morgan fingerprint density at radius 3 is 2.56 bits per heavy atom. The Morgan fingerprint density at radius 2 is 1.78 bits per heavy atom. The molecular weight excluding hydrogens is 224 g/mol.